The second-order valence-corrected chi connectivity index (χ2v) is 7.82. The summed E-state index contributed by atoms with van der Waals surface area (Å²) < 4.78 is 0. The number of hydrogen-bond acceptors (Lipinski definition) is 4. The van der Waals surface area contributed by atoms with Gasteiger partial charge in [-0.2, -0.15) is 0 Å². The zero-order valence-corrected chi connectivity index (χ0v) is 16.5. The van der Waals surface area contributed by atoms with Crippen molar-refractivity contribution in [2.75, 3.05) is 5.32 Å². The predicted molar refractivity (Wildman–Crippen MR) is 112 cm³/mol. The van der Waals surface area contributed by atoms with Gasteiger partial charge < -0.3 is 5.32 Å². The molecule has 0 saturated heterocycles. The molecule has 2 aromatic carbocycles. The van der Waals surface area contributed by atoms with Gasteiger partial charge in [0.1, 0.15) is 17.0 Å². The fraction of sp³-hybridized carbons (Fsp3) is 0.100. The summed E-state index contributed by atoms with van der Waals surface area (Å²) in [6.45, 7) is 4.22. The van der Waals surface area contributed by atoms with Crippen molar-refractivity contribution in [1.82, 2.24) is 9.97 Å². The SMILES string of the molecule is Cc1ccc(-c2csc3ncnc(Nc4ccc(Cl)cc4Cl)c23)c(C)c1. The van der Waals surface area contributed by atoms with Crippen LogP contribution in [0.2, 0.25) is 10.0 Å². The molecule has 0 unspecified atom stereocenters. The molecule has 0 bridgehead atoms. The first-order valence-corrected chi connectivity index (χ1v) is 9.68. The number of hydrogen-bond donors (Lipinski definition) is 1. The topological polar surface area (TPSA) is 37.8 Å². The lowest BCUT2D eigenvalue weighted by Gasteiger charge is -2.11. The Labute approximate surface area is 165 Å². The van der Waals surface area contributed by atoms with Crippen LogP contribution in [-0.4, -0.2) is 9.97 Å². The van der Waals surface area contributed by atoms with Gasteiger partial charge in [-0.05, 0) is 43.2 Å². The fourth-order valence-electron chi connectivity index (χ4n) is 3.00. The van der Waals surface area contributed by atoms with Gasteiger partial charge >= 0.3 is 0 Å². The molecule has 4 rings (SSSR count). The van der Waals surface area contributed by atoms with Gasteiger partial charge in [-0.15, -0.1) is 11.3 Å². The quantitative estimate of drug-likeness (QED) is 0.401. The van der Waals surface area contributed by atoms with E-state index in [0.29, 0.717) is 10.0 Å². The van der Waals surface area contributed by atoms with Crippen molar-refractivity contribution < 1.29 is 0 Å². The van der Waals surface area contributed by atoms with E-state index in [-0.39, 0.29) is 0 Å². The van der Waals surface area contributed by atoms with E-state index in [2.05, 4.69) is 52.7 Å². The van der Waals surface area contributed by atoms with Crippen molar-refractivity contribution >= 4 is 56.3 Å². The number of fused-ring (bicyclic) bond motifs is 1. The number of aromatic nitrogens is 2. The standard InChI is InChI=1S/C20H15Cl2N3S/c1-11-3-5-14(12(2)7-11)15-9-26-20-18(15)19(23-10-24-20)25-17-6-4-13(21)8-16(17)22/h3-10H,1-2H3,(H,23,24,25). The summed E-state index contributed by atoms with van der Waals surface area (Å²) in [6, 6.07) is 11.8. The lowest BCUT2D eigenvalue weighted by Crippen LogP contribution is -1.96. The molecule has 0 saturated carbocycles. The monoisotopic (exact) mass is 399 g/mol. The lowest BCUT2D eigenvalue weighted by atomic mass is 9.99. The smallest absolute Gasteiger partial charge is 0.143 e. The molecule has 0 aliphatic heterocycles. The summed E-state index contributed by atoms with van der Waals surface area (Å²) in [6.07, 6.45) is 1.57. The Morgan fingerprint density at radius 1 is 0.962 bits per heavy atom. The molecule has 0 spiro atoms. The van der Waals surface area contributed by atoms with Crippen LogP contribution in [0.15, 0.2) is 48.1 Å². The lowest BCUT2D eigenvalue weighted by molar-refractivity contribution is 1.23. The van der Waals surface area contributed by atoms with Crippen LogP contribution >= 0.6 is 34.5 Å². The first kappa shape index (κ1) is 17.3. The third-order valence-electron chi connectivity index (χ3n) is 4.23. The minimum Gasteiger partial charge on any atom is -0.338 e. The summed E-state index contributed by atoms with van der Waals surface area (Å²) in [7, 11) is 0. The highest BCUT2D eigenvalue weighted by Gasteiger charge is 2.15. The van der Waals surface area contributed by atoms with Crippen molar-refractivity contribution in [2.24, 2.45) is 0 Å². The molecule has 0 amide bonds. The average molecular weight is 400 g/mol. The Morgan fingerprint density at radius 2 is 1.81 bits per heavy atom. The van der Waals surface area contributed by atoms with E-state index in [1.54, 1.807) is 29.8 Å². The van der Waals surface area contributed by atoms with Gasteiger partial charge in [0.15, 0.2) is 0 Å². The number of aryl methyl sites for hydroxylation is 2. The zero-order chi connectivity index (χ0) is 18.3. The van der Waals surface area contributed by atoms with E-state index in [4.69, 9.17) is 23.2 Å². The van der Waals surface area contributed by atoms with E-state index >= 15 is 0 Å². The Kier molecular flexibility index (Phi) is 4.57. The number of anilines is 2. The first-order chi connectivity index (χ1) is 12.5. The largest absolute Gasteiger partial charge is 0.338 e. The van der Waals surface area contributed by atoms with Gasteiger partial charge in [-0.25, -0.2) is 9.97 Å². The number of nitrogens with zero attached hydrogens (tertiary/aromatic N) is 2. The Balaban J connectivity index is 1.87. The number of rotatable bonds is 3. The fourth-order valence-corrected chi connectivity index (χ4v) is 4.36. The van der Waals surface area contributed by atoms with Gasteiger partial charge in [0, 0.05) is 16.0 Å². The van der Waals surface area contributed by atoms with Gasteiger partial charge in [0.25, 0.3) is 0 Å². The Morgan fingerprint density at radius 3 is 2.58 bits per heavy atom. The number of nitrogens with one attached hydrogen (secondary N) is 1. The first-order valence-electron chi connectivity index (χ1n) is 8.05. The molecule has 1 N–H and O–H groups in total. The van der Waals surface area contributed by atoms with Crippen LogP contribution < -0.4 is 5.32 Å². The molecule has 0 radical (unpaired) electrons. The molecule has 2 aromatic heterocycles. The highest BCUT2D eigenvalue weighted by atomic mass is 35.5. The summed E-state index contributed by atoms with van der Waals surface area (Å²) in [5.41, 5.74) is 5.53. The van der Waals surface area contributed by atoms with Gasteiger partial charge in [0.2, 0.25) is 0 Å². The van der Waals surface area contributed by atoms with Gasteiger partial charge in [-0.1, -0.05) is 47.0 Å². The molecular weight excluding hydrogens is 385 g/mol. The zero-order valence-electron chi connectivity index (χ0n) is 14.2. The normalized spacial score (nSPS) is 11.1. The van der Waals surface area contributed by atoms with Crippen LogP contribution in [0, 0.1) is 13.8 Å². The van der Waals surface area contributed by atoms with E-state index in [0.717, 1.165) is 27.3 Å². The second-order valence-electron chi connectivity index (χ2n) is 6.12. The second kappa shape index (κ2) is 6.88. The van der Waals surface area contributed by atoms with Crippen LogP contribution in [-0.2, 0) is 0 Å². The van der Waals surface area contributed by atoms with Gasteiger partial charge in [-0.3, -0.25) is 0 Å². The molecule has 4 aromatic rings. The van der Waals surface area contributed by atoms with E-state index < -0.39 is 0 Å². The summed E-state index contributed by atoms with van der Waals surface area (Å²) in [5.74, 6) is 0.732. The van der Waals surface area contributed by atoms with Crippen LogP contribution in [0.5, 0.6) is 0 Å². The minimum atomic E-state index is 0.549. The molecule has 130 valence electrons. The van der Waals surface area contributed by atoms with Crippen molar-refractivity contribution in [1.29, 1.82) is 0 Å². The van der Waals surface area contributed by atoms with Crippen molar-refractivity contribution in [3.63, 3.8) is 0 Å². The molecule has 6 heteroatoms. The van der Waals surface area contributed by atoms with Crippen LogP contribution in [0.3, 0.4) is 0 Å². The van der Waals surface area contributed by atoms with Crippen LogP contribution in [0.1, 0.15) is 11.1 Å². The maximum absolute atomic E-state index is 6.32. The maximum Gasteiger partial charge on any atom is 0.143 e. The Bertz CT molecular complexity index is 1120. The summed E-state index contributed by atoms with van der Waals surface area (Å²) in [4.78, 5) is 9.82. The third kappa shape index (κ3) is 3.16. The van der Waals surface area contributed by atoms with E-state index in [1.165, 1.54) is 16.7 Å². The number of halogens is 2. The van der Waals surface area contributed by atoms with E-state index in [1.807, 2.05) is 6.07 Å². The molecule has 0 aliphatic carbocycles. The highest BCUT2D eigenvalue weighted by Crippen LogP contribution is 2.39. The Hall–Kier alpha value is -2.14. The third-order valence-corrected chi connectivity index (χ3v) is 5.66. The highest BCUT2D eigenvalue weighted by molar-refractivity contribution is 7.17. The number of thiophene rings is 1. The number of benzene rings is 2. The van der Waals surface area contributed by atoms with E-state index in [9.17, 15) is 0 Å². The molecule has 0 fully saturated rings. The summed E-state index contributed by atoms with van der Waals surface area (Å²) >= 11 is 13.9. The molecule has 0 aliphatic rings. The van der Waals surface area contributed by atoms with Crippen LogP contribution in [0.4, 0.5) is 11.5 Å². The summed E-state index contributed by atoms with van der Waals surface area (Å²) in [5, 5.41) is 7.61. The van der Waals surface area contributed by atoms with Crippen molar-refractivity contribution in [3.8, 4) is 11.1 Å². The van der Waals surface area contributed by atoms with Crippen molar-refractivity contribution in [3.05, 3.63) is 69.3 Å². The predicted octanol–water partition coefficient (Wildman–Crippen LogP) is 7.03. The molecule has 26 heavy (non-hydrogen) atoms. The molecule has 0 atom stereocenters. The molecule has 2 heterocycles. The van der Waals surface area contributed by atoms with Crippen LogP contribution in [0.25, 0.3) is 21.3 Å². The van der Waals surface area contributed by atoms with Crippen molar-refractivity contribution in [2.45, 2.75) is 13.8 Å². The molecular formula is C20H15Cl2N3S. The maximum atomic E-state index is 6.32. The average Bonchev–Trinajstić information content (AvgIpc) is 3.02. The molecule has 3 nitrogen and oxygen atoms in total. The van der Waals surface area contributed by atoms with Gasteiger partial charge in [0.05, 0.1) is 16.1 Å². The minimum absolute atomic E-state index is 0.549.